The van der Waals surface area contributed by atoms with E-state index in [1.165, 1.54) is 12.3 Å². The average Bonchev–Trinajstić information content (AvgIpc) is 2.89. The average molecular weight is 435 g/mol. The smallest absolute Gasteiger partial charge is 0.475 e. The van der Waals surface area contributed by atoms with Crippen LogP contribution in [0.25, 0.3) is 0 Å². The van der Waals surface area contributed by atoms with Gasteiger partial charge in [0.1, 0.15) is 0 Å². The van der Waals surface area contributed by atoms with E-state index in [2.05, 4.69) is 16.8 Å². The van der Waals surface area contributed by atoms with Gasteiger partial charge in [0.05, 0.1) is 25.0 Å². The summed E-state index contributed by atoms with van der Waals surface area (Å²) >= 11 is 0. The Labute approximate surface area is 171 Å². The minimum absolute atomic E-state index is 0.0378. The number of ether oxygens (including phenoxy) is 1. The zero-order valence-electron chi connectivity index (χ0n) is 16.6. The normalized spacial score (nSPS) is 22.8. The topological polar surface area (TPSA) is 83.0 Å². The molecule has 11 heteroatoms. The standard InChI is InChI=1S/C17H24FN3O2.C2HF3O2/c1-2-20-8-9-23-13-17(11-20)5-3-7-21(12-17)16(22)14-4-6-19-10-15(14)18;3-2(4,5)1(6)7/h4,6,10H,2-3,5,7-9,11-13H2,1H3;(H,6,7). The lowest BCUT2D eigenvalue weighted by Gasteiger charge is -2.43. The molecular formula is C19H25F4N3O4. The first-order valence-corrected chi connectivity index (χ1v) is 9.57. The van der Waals surface area contributed by atoms with Crippen molar-refractivity contribution in [3.8, 4) is 0 Å². The predicted octanol–water partition coefficient (Wildman–Crippen LogP) is 2.43. The Morgan fingerprint density at radius 3 is 2.60 bits per heavy atom. The number of likely N-dealkylation sites (tertiary alicyclic amines) is 1. The number of carbonyl (C=O) groups excluding carboxylic acids is 1. The molecule has 30 heavy (non-hydrogen) atoms. The first-order chi connectivity index (χ1) is 14.1. The summed E-state index contributed by atoms with van der Waals surface area (Å²) in [5.41, 5.74) is 0.0724. The van der Waals surface area contributed by atoms with Crippen LogP contribution in [0.15, 0.2) is 18.5 Å². The second-order valence-electron chi connectivity index (χ2n) is 7.41. The van der Waals surface area contributed by atoms with Crippen molar-refractivity contribution < 1.29 is 37.0 Å². The lowest BCUT2D eigenvalue weighted by atomic mass is 9.80. The Balaban J connectivity index is 0.000000396. The van der Waals surface area contributed by atoms with Crippen molar-refractivity contribution in [3.63, 3.8) is 0 Å². The molecule has 1 atom stereocenters. The number of rotatable bonds is 2. The van der Waals surface area contributed by atoms with Gasteiger partial charge in [-0.25, -0.2) is 9.18 Å². The van der Waals surface area contributed by atoms with E-state index in [1.54, 1.807) is 4.90 Å². The summed E-state index contributed by atoms with van der Waals surface area (Å²) in [7, 11) is 0. The Morgan fingerprint density at radius 2 is 2.00 bits per heavy atom. The van der Waals surface area contributed by atoms with E-state index in [9.17, 15) is 22.4 Å². The van der Waals surface area contributed by atoms with Gasteiger partial charge in [0.25, 0.3) is 5.91 Å². The van der Waals surface area contributed by atoms with E-state index < -0.39 is 18.0 Å². The number of halogens is 4. The molecule has 0 saturated carbocycles. The maximum atomic E-state index is 13.9. The van der Waals surface area contributed by atoms with Crippen LogP contribution in [-0.2, 0) is 9.53 Å². The molecule has 3 rings (SSSR count). The number of carboxylic acids is 1. The molecule has 2 aliphatic heterocycles. The van der Waals surface area contributed by atoms with E-state index in [1.807, 2.05) is 0 Å². The second-order valence-corrected chi connectivity index (χ2v) is 7.41. The van der Waals surface area contributed by atoms with Gasteiger partial charge >= 0.3 is 12.1 Å². The van der Waals surface area contributed by atoms with Crippen LogP contribution < -0.4 is 0 Å². The third kappa shape index (κ3) is 6.36. The Bertz CT molecular complexity index is 747. The fourth-order valence-corrected chi connectivity index (χ4v) is 3.70. The number of carbonyl (C=O) groups is 2. The first kappa shape index (κ1) is 24.0. The molecule has 0 radical (unpaired) electrons. The second kappa shape index (κ2) is 10.2. The van der Waals surface area contributed by atoms with E-state index in [0.717, 1.165) is 45.3 Å². The molecule has 1 unspecified atom stereocenters. The monoisotopic (exact) mass is 435 g/mol. The number of nitrogens with zero attached hydrogens (tertiary/aromatic N) is 3. The van der Waals surface area contributed by atoms with Gasteiger partial charge < -0.3 is 19.6 Å². The number of pyridine rings is 1. The number of piperidine rings is 1. The van der Waals surface area contributed by atoms with Crippen LogP contribution in [0.4, 0.5) is 17.6 Å². The first-order valence-electron chi connectivity index (χ1n) is 9.57. The number of carboxylic acid groups (broad SMARTS) is 1. The maximum Gasteiger partial charge on any atom is 0.490 e. The molecule has 3 heterocycles. The van der Waals surface area contributed by atoms with Crippen molar-refractivity contribution in [2.45, 2.75) is 25.9 Å². The lowest BCUT2D eigenvalue weighted by Crippen LogP contribution is -2.52. The van der Waals surface area contributed by atoms with Crippen molar-refractivity contribution >= 4 is 11.9 Å². The van der Waals surface area contributed by atoms with Crippen molar-refractivity contribution in [1.29, 1.82) is 0 Å². The number of likely N-dealkylation sites (N-methyl/N-ethyl adjacent to an activating group) is 1. The molecule has 1 N–H and O–H groups in total. The van der Waals surface area contributed by atoms with Crippen LogP contribution in [0.1, 0.15) is 30.1 Å². The van der Waals surface area contributed by atoms with Gasteiger partial charge in [-0.15, -0.1) is 0 Å². The molecule has 1 aromatic rings. The molecular weight excluding hydrogens is 410 g/mol. The van der Waals surface area contributed by atoms with Crippen LogP contribution in [0, 0.1) is 11.2 Å². The van der Waals surface area contributed by atoms with Crippen molar-refractivity contribution in [2.24, 2.45) is 5.41 Å². The zero-order valence-corrected chi connectivity index (χ0v) is 16.6. The van der Waals surface area contributed by atoms with Crippen LogP contribution in [0.3, 0.4) is 0 Å². The van der Waals surface area contributed by atoms with Crippen LogP contribution in [0.5, 0.6) is 0 Å². The minimum Gasteiger partial charge on any atom is -0.475 e. The van der Waals surface area contributed by atoms with E-state index in [-0.39, 0.29) is 16.9 Å². The highest BCUT2D eigenvalue weighted by Gasteiger charge is 2.40. The van der Waals surface area contributed by atoms with Crippen molar-refractivity contribution in [1.82, 2.24) is 14.8 Å². The summed E-state index contributed by atoms with van der Waals surface area (Å²) in [5.74, 6) is -3.55. The third-order valence-corrected chi connectivity index (χ3v) is 5.16. The number of aromatic nitrogens is 1. The Morgan fingerprint density at radius 1 is 1.30 bits per heavy atom. The van der Waals surface area contributed by atoms with Crippen LogP contribution in [0.2, 0.25) is 0 Å². The van der Waals surface area contributed by atoms with Crippen molar-refractivity contribution in [2.75, 3.05) is 45.9 Å². The highest BCUT2D eigenvalue weighted by atomic mass is 19.4. The zero-order chi connectivity index (χ0) is 22.4. The molecule has 168 valence electrons. The largest absolute Gasteiger partial charge is 0.490 e. The Hall–Kier alpha value is -2.27. The highest BCUT2D eigenvalue weighted by Crippen LogP contribution is 2.33. The van der Waals surface area contributed by atoms with Gasteiger partial charge in [-0.3, -0.25) is 9.78 Å². The Kier molecular flexibility index (Phi) is 8.13. The molecule has 2 saturated heterocycles. The fraction of sp³-hybridized carbons (Fsp3) is 0.632. The quantitative estimate of drug-likeness (QED) is 0.719. The molecule has 0 bridgehead atoms. The fourth-order valence-electron chi connectivity index (χ4n) is 3.70. The number of alkyl halides is 3. The predicted molar refractivity (Wildman–Crippen MR) is 98.4 cm³/mol. The molecule has 0 aliphatic carbocycles. The summed E-state index contributed by atoms with van der Waals surface area (Å²) in [6.45, 7) is 7.72. The lowest BCUT2D eigenvalue weighted by molar-refractivity contribution is -0.192. The molecule has 7 nitrogen and oxygen atoms in total. The van der Waals surface area contributed by atoms with Gasteiger partial charge in [-0.2, -0.15) is 13.2 Å². The van der Waals surface area contributed by atoms with Gasteiger partial charge in [-0.05, 0) is 25.5 Å². The number of hydrogen-bond donors (Lipinski definition) is 1. The summed E-state index contributed by atoms with van der Waals surface area (Å²) in [6, 6.07) is 1.46. The van der Waals surface area contributed by atoms with Crippen molar-refractivity contribution in [3.05, 3.63) is 29.8 Å². The van der Waals surface area contributed by atoms with Gasteiger partial charge in [0.2, 0.25) is 0 Å². The van der Waals surface area contributed by atoms with E-state index >= 15 is 0 Å². The SMILES string of the molecule is CCN1CCOCC2(CCCN(C(=O)c3ccncc3F)C2)C1.O=C(O)C(F)(F)F. The number of amides is 1. The summed E-state index contributed by atoms with van der Waals surface area (Å²) in [4.78, 5) is 29.5. The van der Waals surface area contributed by atoms with Crippen LogP contribution in [-0.4, -0.2) is 83.9 Å². The molecule has 1 spiro atoms. The van der Waals surface area contributed by atoms with Crippen LogP contribution >= 0.6 is 0 Å². The third-order valence-electron chi connectivity index (χ3n) is 5.16. The molecule has 2 fully saturated rings. The maximum absolute atomic E-state index is 13.9. The van der Waals surface area contributed by atoms with Gasteiger partial charge in [-0.1, -0.05) is 6.92 Å². The van der Waals surface area contributed by atoms with Gasteiger partial charge in [0.15, 0.2) is 5.82 Å². The minimum atomic E-state index is -5.08. The summed E-state index contributed by atoms with van der Waals surface area (Å²) in [5, 5.41) is 7.12. The molecule has 0 aromatic carbocycles. The highest BCUT2D eigenvalue weighted by molar-refractivity contribution is 5.94. The van der Waals surface area contributed by atoms with E-state index in [0.29, 0.717) is 19.7 Å². The summed E-state index contributed by atoms with van der Waals surface area (Å²) in [6.07, 6.45) is -0.546. The number of aliphatic carboxylic acids is 1. The molecule has 2 aliphatic rings. The molecule has 1 amide bonds. The number of hydrogen-bond acceptors (Lipinski definition) is 5. The molecule has 1 aromatic heterocycles. The van der Waals surface area contributed by atoms with E-state index in [4.69, 9.17) is 14.6 Å². The summed E-state index contributed by atoms with van der Waals surface area (Å²) < 4.78 is 51.4. The van der Waals surface area contributed by atoms with Gasteiger partial charge in [0, 0.05) is 37.8 Å².